The van der Waals surface area contributed by atoms with E-state index < -0.39 is 5.97 Å². The molecule has 1 fully saturated rings. The molecule has 1 aliphatic heterocycles. The summed E-state index contributed by atoms with van der Waals surface area (Å²) in [5.41, 5.74) is 0.146. The molecule has 1 heterocycles. The van der Waals surface area contributed by atoms with Crippen molar-refractivity contribution in [3.8, 4) is 0 Å². The van der Waals surface area contributed by atoms with Crippen molar-refractivity contribution < 1.29 is 14.7 Å². The molecule has 0 saturated carbocycles. The number of hydrogen-bond donors (Lipinski definition) is 1. The molecule has 1 saturated heterocycles. The molecule has 104 valence electrons. The quantitative estimate of drug-likeness (QED) is 0.819. The van der Waals surface area contributed by atoms with E-state index >= 15 is 0 Å². The first-order chi connectivity index (χ1) is 8.30. The fourth-order valence-electron chi connectivity index (χ4n) is 1.94. The van der Waals surface area contributed by atoms with Crippen LogP contribution in [-0.2, 0) is 9.59 Å². The molecule has 0 radical (unpaired) electrons. The summed E-state index contributed by atoms with van der Waals surface area (Å²) >= 11 is 1.17. The number of rotatable bonds is 4. The molecule has 1 rings (SSSR count). The molecule has 0 atom stereocenters. The number of amides is 1. The molecule has 0 aromatic rings. The number of piperazine rings is 1. The van der Waals surface area contributed by atoms with Gasteiger partial charge in [0.15, 0.2) is 0 Å². The fourth-order valence-corrected chi connectivity index (χ4v) is 2.58. The number of thioether (sulfide) groups is 1. The van der Waals surface area contributed by atoms with Crippen LogP contribution in [0.25, 0.3) is 0 Å². The minimum absolute atomic E-state index is 0.00625. The van der Waals surface area contributed by atoms with Crippen molar-refractivity contribution >= 4 is 23.6 Å². The Hall–Kier alpha value is -0.750. The molecular weight excluding hydrogens is 252 g/mol. The Kier molecular flexibility index (Phi) is 5.47. The molecule has 1 N–H and O–H groups in total. The molecular formula is C12H22N2O3S. The van der Waals surface area contributed by atoms with Gasteiger partial charge in [0.2, 0.25) is 5.91 Å². The highest BCUT2D eigenvalue weighted by Crippen LogP contribution is 2.16. The summed E-state index contributed by atoms with van der Waals surface area (Å²) in [7, 11) is 0. The lowest BCUT2D eigenvalue weighted by molar-refractivity contribution is -0.133. The van der Waals surface area contributed by atoms with Crippen LogP contribution < -0.4 is 0 Å². The molecule has 18 heavy (non-hydrogen) atoms. The standard InChI is InChI=1S/C12H22N2O3S/c1-12(2,3)14-6-4-13(5-7-14)10(15)8-18-9-11(16)17/h4-9H2,1-3H3,(H,16,17). The molecule has 1 aliphatic rings. The van der Waals surface area contributed by atoms with E-state index in [1.807, 2.05) is 4.90 Å². The van der Waals surface area contributed by atoms with Gasteiger partial charge in [0.05, 0.1) is 11.5 Å². The Labute approximate surface area is 113 Å². The zero-order valence-electron chi connectivity index (χ0n) is 11.3. The first-order valence-electron chi connectivity index (χ1n) is 6.13. The summed E-state index contributed by atoms with van der Waals surface area (Å²) in [6, 6.07) is 0. The SMILES string of the molecule is CC(C)(C)N1CCN(C(=O)CSCC(=O)O)CC1. The zero-order chi connectivity index (χ0) is 13.8. The van der Waals surface area contributed by atoms with Gasteiger partial charge in [0, 0.05) is 31.7 Å². The lowest BCUT2D eigenvalue weighted by Crippen LogP contribution is -2.55. The predicted molar refractivity (Wildman–Crippen MR) is 72.9 cm³/mol. The van der Waals surface area contributed by atoms with E-state index in [0.29, 0.717) is 0 Å². The second kappa shape index (κ2) is 6.43. The van der Waals surface area contributed by atoms with Crippen LogP contribution in [0.2, 0.25) is 0 Å². The first-order valence-corrected chi connectivity index (χ1v) is 7.28. The van der Waals surface area contributed by atoms with Gasteiger partial charge in [-0.15, -0.1) is 11.8 Å². The number of carboxylic acid groups (broad SMARTS) is 1. The minimum atomic E-state index is -0.870. The summed E-state index contributed by atoms with van der Waals surface area (Å²) in [5.74, 6) is -0.560. The number of nitrogens with zero attached hydrogens (tertiary/aromatic N) is 2. The van der Waals surface area contributed by atoms with Gasteiger partial charge in [-0.3, -0.25) is 14.5 Å². The number of carbonyl (C=O) groups is 2. The smallest absolute Gasteiger partial charge is 0.313 e. The largest absolute Gasteiger partial charge is 0.481 e. The van der Waals surface area contributed by atoms with Gasteiger partial charge in [-0.05, 0) is 20.8 Å². The highest BCUT2D eigenvalue weighted by Gasteiger charge is 2.27. The molecule has 5 nitrogen and oxygen atoms in total. The van der Waals surface area contributed by atoms with Crippen LogP contribution in [0.4, 0.5) is 0 Å². The molecule has 6 heteroatoms. The highest BCUT2D eigenvalue weighted by atomic mass is 32.2. The first kappa shape index (κ1) is 15.3. The van der Waals surface area contributed by atoms with Crippen molar-refractivity contribution in [3.63, 3.8) is 0 Å². The van der Waals surface area contributed by atoms with E-state index in [2.05, 4.69) is 25.7 Å². The van der Waals surface area contributed by atoms with Gasteiger partial charge in [-0.25, -0.2) is 0 Å². The predicted octanol–water partition coefficient (Wildman–Crippen LogP) is 0.747. The van der Waals surface area contributed by atoms with Crippen molar-refractivity contribution in [1.29, 1.82) is 0 Å². The monoisotopic (exact) mass is 274 g/mol. The van der Waals surface area contributed by atoms with Gasteiger partial charge < -0.3 is 10.0 Å². The third-order valence-corrected chi connectivity index (χ3v) is 3.93. The maximum absolute atomic E-state index is 11.8. The average molecular weight is 274 g/mol. The number of carbonyl (C=O) groups excluding carboxylic acids is 1. The van der Waals surface area contributed by atoms with E-state index in [1.54, 1.807) is 0 Å². The molecule has 0 spiro atoms. The summed E-state index contributed by atoms with van der Waals surface area (Å²) in [6.07, 6.45) is 0. The zero-order valence-corrected chi connectivity index (χ0v) is 12.1. The van der Waals surface area contributed by atoms with E-state index in [9.17, 15) is 9.59 Å². The second-order valence-electron chi connectivity index (χ2n) is 5.43. The highest BCUT2D eigenvalue weighted by molar-refractivity contribution is 8.00. The summed E-state index contributed by atoms with van der Waals surface area (Å²) in [5, 5.41) is 8.51. The van der Waals surface area contributed by atoms with Crippen molar-refractivity contribution in [3.05, 3.63) is 0 Å². The van der Waals surface area contributed by atoms with Crippen LogP contribution in [-0.4, -0.2) is 70.0 Å². The lowest BCUT2D eigenvalue weighted by Gasteiger charge is -2.42. The van der Waals surface area contributed by atoms with Crippen LogP contribution in [0.1, 0.15) is 20.8 Å². The fraction of sp³-hybridized carbons (Fsp3) is 0.833. The molecule has 0 aliphatic carbocycles. The minimum Gasteiger partial charge on any atom is -0.481 e. The van der Waals surface area contributed by atoms with Crippen molar-refractivity contribution in [2.75, 3.05) is 37.7 Å². The Morgan fingerprint density at radius 1 is 1.11 bits per heavy atom. The third-order valence-electron chi connectivity index (χ3n) is 3.03. The summed E-state index contributed by atoms with van der Waals surface area (Å²) in [4.78, 5) is 26.4. The van der Waals surface area contributed by atoms with E-state index in [0.717, 1.165) is 26.2 Å². The maximum Gasteiger partial charge on any atom is 0.313 e. The van der Waals surface area contributed by atoms with Crippen molar-refractivity contribution in [1.82, 2.24) is 9.80 Å². The Morgan fingerprint density at radius 3 is 2.11 bits per heavy atom. The van der Waals surface area contributed by atoms with Gasteiger partial charge >= 0.3 is 5.97 Å². The van der Waals surface area contributed by atoms with Crippen LogP contribution in [0.5, 0.6) is 0 Å². The topological polar surface area (TPSA) is 60.9 Å². The Balaban J connectivity index is 2.30. The van der Waals surface area contributed by atoms with Gasteiger partial charge in [0.25, 0.3) is 0 Å². The molecule has 0 aromatic carbocycles. The molecule has 1 amide bonds. The normalized spacial score (nSPS) is 17.8. The van der Waals surface area contributed by atoms with E-state index in [1.165, 1.54) is 11.8 Å². The van der Waals surface area contributed by atoms with Gasteiger partial charge in [-0.1, -0.05) is 0 Å². The number of aliphatic carboxylic acids is 1. The number of carboxylic acids is 1. The lowest BCUT2D eigenvalue weighted by atomic mass is 10.1. The maximum atomic E-state index is 11.8. The molecule has 0 unspecified atom stereocenters. The third kappa shape index (κ3) is 4.86. The average Bonchev–Trinajstić information content (AvgIpc) is 2.27. The van der Waals surface area contributed by atoms with E-state index in [4.69, 9.17) is 5.11 Å². The van der Waals surface area contributed by atoms with Crippen LogP contribution in [0.15, 0.2) is 0 Å². The van der Waals surface area contributed by atoms with Gasteiger partial charge in [0.1, 0.15) is 0 Å². The van der Waals surface area contributed by atoms with Crippen LogP contribution in [0.3, 0.4) is 0 Å². The summed E-state index contributed by atoms with van der Waals surface area (Å²) in [6.45, 7) is 9.78. The number of hydrogen-bond acceptors (Lipinski definition) is 4. The van der Waals surface area contributed by atoms with Crippen LogP contribution >= 0.6 is 11.8 Å². The molecule has 0 aromatic heterocycles. The Bertz CT molecular complexity index is 307. The van der Waals surface area contributed by atoms with Crippen LogP contribution in [0, 0.1) is 0 Å². The van der Waals surface area contributed by atoms with Gasteiger partial charge in [-0.2, -0.15) is 0 Å². The van der Waals surface area contributed by atoms with Crippen molar-refractivity contribution in [2.45, 2.75) is 26.3 Å². The Morgan fingerprint density at radius 2 is 1.67 bits per heavy atom. The second-order valence-corrected chi connectivity index (χ2v) is 6.41. The summed E-state index contributed by atoms with van der Waals surface area (Å²) < 4.78 is 0. The van der Waals surface area contributed by atoms with E-state index in [-0.39, 0.29) is 23.0 Å². The van der Waals surface area contributed by atoms with Crippen molar-refractivity contribution in [2.24, 2.45) is 0 Å². The molecule has 0 bridgehead atoms.